The lowest BCUT2D eigenvalue weighted by Gasteiger charge is -2.23. The van der Waals surface area contributed by atoms with Gasteiger partial charge >= 0.3 is 5.97 Å². The molecule has 0 spiro atoms. The predicted molar refractivity (Wildman–Crippen MR) is 73.9 cm³/mol. The van der Waals surface area contributed by atoms with Gasteiger partial charge in [0.15, 0.2) is 0 Å². The fourth-order valence-electron chi connectivity index (χ4n) is 2.07. The Morgan fingerprint density at radius 3 is 2.61 bits per heavy atom. The van der Waals surface area contributed by atoms with Crippen molar-refractivity contribution >= 4 is 22.4 Å². The van der Waals surface area contributed by atoms with Crippen molar-refractivity contribution in [1.29, 1.82) is 0 Å². The number of benzene rings is 2. The van der Waals surface area contributed by atoms with Crippen LogP contribution in [0.1, 0.15) is 6.92 Å². The fourth-order valence-corrected chi connectivity index (χ4v) is 2.07. The van der Waals surface area contributed by atoms with Gasteiger partial charge in [0.05, 0.1) is 7.11 Å². The Morgan fingerprint density at radius 2 is 1.89 bits per heavy atom. The summed E-state index contributed by atoms with van der Waals surface area (Å²) in [6.07, 6.45) is 0. The van der Waals surface area contributed by atoms with Gasteiger partial charge in [-0.05, 0) is 18.4 Å². The first-order chi connectivity index (χ1) is 8.76. The quantitative estimate of drug-likeness (QED) is 0.773. The summed E-state index contributed by atoms with van der Waals surface area (Å²) in [6, 6.07) is 14.3. The molecule has 0 atom stereocenters. The van der Waals surface area contributed by atoms with Crippen LogP contribution in [-0.2, 0) is 9.53 Å². The third-order valence-corrected chi connectivity index (χ3v) is 3.04. The van der Waals surface area contributed by atoms with E-state index in [9.17, 15) is 4.79 Å². The number of anilines is 1. The molecular weight excluding hydrogens is 226 g/mol. The van der Waals surface area contributed by atoms with E-state index in [2.05, 4.69) is 18.2 Å². The van der Waals surface area contributed by atoms with Gasteiger partial charge in [-0.1, -0.05) is 36.4 Å². The van der Waals surface area contributed by atoms with Crippen molar-refractivity contribution in [3.63, 3.8) is 0 Å². The minimum absolute atomic E-state index is 0.218. The van der Waals surface area contributed by atoms with Gasteiger partial charge in [-0.3, -0.25) is 4.79 Å². The summed E-state index contributed by atoms with van der Waals surface area (Å²) >= 11 is 0. The number of nitrogens with zero attached hydrogens (tertiary/aromatic N) is 1. The molecule has 0 radical (unpaired) electrons. The molecule has 0 saturated carbocycles. The molecule has 2 rings (SSSR count). The van der Waals surface area contributed by atoms with Crippen LogP contribution in [0.4, 0.5) is 5.69 Å². The molecule has 0 aliphatic rings. The Bertz CT molecular complexity index is 546. The molecule has 0 aromatic heterocycles. The molecule has 0 aliphatic carbocycles. The van der Waals surface area contributed by atoms with Crippen molar-refractivity contribution in [2.45, 2.75) is 6.92 Å². The highest BCUT2D eigenvalue weighted by molar-refractivity contribution is 5.95. The van der Waals surface area contributed by atoms with Crippen molar-refractivity contribution in [2.75, 3.05) is 25.1 Å². The minimum atomic E-state index is -0.218. The molecule has 0 N–H and O–H groups in total. The van der Waals surface area contributed by atoms with E-state index in [0.29, 0.717) is 0 Å². The average Bonchev–Trinajstić information content (AvgIpc) is 2.44. The van der Waals surface area contributed by atoms with Gasteiger partial charge in [0.1, 0.15) is 6.54 Å². The molecule has 0 bridgehead atoms. The van der Waals surface area contributed by atoms with Crippen molar-refractivity contribution in [2.24, 2.45) is 0 Å². The highest BCUT2D eigenvalue weighted by atomic mass is 16.5. The lowest BCUT2D eigenvalue weighted by atomic mass is 10.1. The summed E-state index contributed by atoms with van der Waals surface area (Å²) in [6.45, 7) is 3.08. The van der Waals surface area contributed by atoms with Crippen molar-refractivity contribution in [3.05, 3.63) is 42.5 Å². The lowest BCUT2D eigenvalue weighted by molar-refractivity contribution is -0.138. The molecule has 0 unspecified atom stereocenters. The first-order valence-corrected chi connectivity index (χ1v) is 6.05. The van der Waals surface area contributed by atoms with Gasteiger partial charge in [0.25, 0.3) is 0 Å². The van der Waals surface area contributed by atoms with Crippen LogP contribution in [0, 0.1) is 0 Å². The number of rotatable bonds is 4. The molecule has 18 heavy (non-hydrogen) atoms. The first kappa shape index (κ1) is 12.4. The number of ether oxygens (including phenoxy) is 1. The van der Waals surface area contributed by atoms with Gasteiger partial charge in [-0.15, -0.1) is 0 Å². The van der Waals surface area contributed by atoms with Crippen molar-refractivity contribution < 1.29 is 9.53 Å². The lowest BCUT2D eigenvalue weighted by Crippen LogP contribution is -2.30. The van der Waals surface area contributed by atoms with Crippen LogP contribution in [0.3, 0.4) is 0 Å². The first-order valence-electron chi connectivity index (χ1n) is 6.05. The molecule has 3 nitrogen and oxygen atoms in total. The predicted octanol–water partition coefficient (Wildman–Crippen LogP) is 2.84. The standard InChI is InChI=1S/C15H17NO2/c1-3-16(11-15(17)18-2)14-10-6-8-12-7-4-5-9-13(12)14/h4-10H,3,11H2,1-2H3. The molecule has 0 amide bonds. The van der Waals surface area contributed by atoms with Gasteiger partial charge in [0.2, 0.25) is 0 Å². The van der Waals surface area contributed by atoms with E-state index in [0.717, 1.165) is 17.6 Å². The number of carbonyl (C=O) groups is 1. The maximum Gasteiger partial charge on any atom is 0.325 e. The zero-order chi connectivity index (χ0) is 13.0. The van der Waals surface area contributed by atoms with Gasteiger partial charge in [-0.25, -0.2) is 0 Å². The molecule has 0 fully saturated rings. The summed E-state index contributed by atoms with van der Waals surface area (Å²) in [5, 5.41) is 2.34. The molecule has 0 heterocycles. The van der Waals surface area contributed by atoms with E-state index in [1.807, 2.05) is 36.1 Å². The number of methoxy groups -OCH3 is 1. The van der Waals surface area contributed by atoms with Crippen LogP contribution in [0.25, 0.3) is 10.8 Å². The van der Waals surface area contributed by atoms with Crippen molar-refractivity contribution in [1.82, 2.24) is 0 Å². The van der Waals surface area contributed by atoms with Gasteiger partial charge in [0, 0.05) is 17.6 Å². The Kier molecular flexibility index (Phi) is 3.82. The number of likely N-dealkylation sites (N-methyl/N-ethyl adjacent to an activating group) is 1. The number of carbonyl (C=O) groups excluding carboxylic acids is 1. The monoisotopic (exact) mass is 243 g/mol. The average molecular weight is 243 g/mol. The molecule has 3 heteroatoms. The maximum absolute atomic E-state index is 11.4. The number of esters is 1. The second-order valence-corrected chi connectivity index (χ2v) is 4.09. The summed E-state index contributed by atoms with van der Waals surface area (Å²) in [4.78, 5) is 13.4. The molecule has 94 valence electrons. The SMILES string of the molecule is CCN(CC(=O)OC)c1cccc2ccccc12. The van der Waals surface area contributed by atoms with Crippen molar-refractivity contribution in [3.8, 4) is 0 Å². The third kappa shape index (κ3) is 2.45. The fraction of sp³-hybridized carbons (Fsp3) is 0.267. The number of hydrogen-bond acceptors (Lipinski definition) is 3. The van der Waals surface area contributed by atoms with Crippen LogP contribution in [0.5, 0.6) is 0 Å². The molecule has 2 aromatic rings. The number of fused-ring (bicyclic) bond motifs is 1. The van der Waals surface area contributed by atoms with E-state index >= 15 is 0 Å². The van der Waals surface area contributed by atoms with Crippen LogP contribution < -0.4 is 4.90 Å². The summed E-state index contributed by atoms with van der Waals surface area (Å²) in [7, 11) is 1.42. The van der Waals surface area contributed by atoms with Gasteiger partial charge in [-0.2, -0.15) is 0 Å². The smallest absolute Gasteiger partial charge is 0.325 e. The normalized spacial score (nSPS) is 10.3. The third-order valence-electron chi connectivity index (χ3n) is 3.04. The Labute approximate surface area is 107 Å². The van der Waals surface area contributed by atoms with E-state index in [4.69, 9.17) is 4.74 Å². The Balaban J connectivity index is 2.41. The van der Waals surface area contributed by atoms with Crippen LogP contribution in [0.2, 0.25) is 0 Å². The van der Waals surface area contributed by atoms with E-state index in [1.165, 1.54) is 12.5 Å². The van der Waals surface area contributed by atoms with Crippen LogP contribution in [0.15, 0.2) is 42.5 Å². The summed E-state index contributed by atoms with van der Waals surface area (Å²) in [5.41, 5.74) is 1.07. The van der Waals surface area contributed by atoms with E-state index in [-0.39, 0.29) is 12.5 Å². The van der Waals surface area contributed by atoms with Gasteiger partial charge < -0.3 is 9.64 Å². The topological polar surface area (TPSA) is 29.5 Å². The Morgan fingerprint density at radius 1 is 1.17 bits per heavy atom. The zero-order valence-electron chi connectivity index (χ0n) is 10.7. The second-order valence-electron chi connectivity index (χ2n) is 4.09. The van der Waals surface area contributed by atoms with E-state index in [1.54, 1.807) is 0 Å². The summed E-state index contributed by atoms with van der Waals surface area (Å²) in [5.74, 6) is -0.218. The molecule has 2 aromatic carbocycles. The number of hydrogen-bond donors (Lipinski definition) is 0. The van der Waals surface area contributed by atoms with E-state index < -0.39 is 0 Å². The molecule has 0 aliphatic heterocycles. The summed E-state index contributed by atoms with van der Waals surface area (Å²) < 4.78 is 4.74. The largest absolute Gasteiger partial charge is 0.468 e. The highest BCUT2D eigenvalue weighted by Gasteiger charge is 2.12. The molecule has 0 saturated heterocycles. The minimum Gasteiger partial charge on any atom is -0.468 e. The van der Waals surface area contributed by atoms with Crippen LogP contribution in [-0.4, -0.2) is 26.2 Å². The zero-order valence-corrected chi connectivity index (χ0v) is 10.7. The molecular formula is C15H17NO2. The second kappa shape index (κ2) is 5.54. The maximum atomic E-state index is 11.4. The van der Waals surface area contributed by atoms with Crippen LogP contribution >= 0.6 is 0 Å². The Hall–Kier alpha value is -2.03. The highest BCUT2D eigenvalue weighted by Crippen LogP contribution is 2.26.